The summed E-state index contributed by atoms with van der Waals surface area (Å²) in [4.78, 5) is 24.8. The third kappa shape index (κ3) is 3.26. The van der Waals surface area contributed by atoms with Crippen molar-refractivity contribution in [2.24, 2.45) is 0 Å². The zero-order valence-corrected chi connectivity index (χ0v) is 13.4. The maximum atomic E-state index is 12.1. The zero-order valence-electron chi connectivity index (χ0n) is 11.9. The minimum absolute atomic E-state index is 0.146. The molecule has 1 N–H and O–H groups in total. The molecule has 1 fully saturated rings. The van der Waals surface area contributed by atoms with Crippen LogP contribution in [0.3, 0.4) is 0 Å². The van der Waals surface area contributed by atoms with Gasteiger partial charge in [-0.05, 0) is 30.7 Å². The van der Waals surface area contributed by atoms with Gasteiger partial charge in [-0.2, -0.15) is 0 Å². The van der Waals surface area contributed by atoms with Crippen LogP contribution in [0.5, 0.6) is 5.75 Å². The van der Waals surface area contributed by atoms with Gasteiger partial charge in [0.15, 0.2) is 5.75 Å². The van der Waals surface area contributed by atoms with Gasteiger partial charge in [0.1, 0.15) is 5.70 Å². The highest BCUT2D eigenvalue weighted by molar-refractivity contribution is 6.37. The molecule has 116 valence electrons. The molecule has 0 aliphatic carbocycles. The highest BCUT2D eigenvalue weighted by Crippen LogP contribution is 2.35. The average molecular weight is 341 g/mol. The van der Waals surface area contributed by atoms with Gasteiger partial charge in [0.25, 0.3) is 5.91 Å². The van der Waals surface area contributed by atoms with Crippen molar-refractivity contribution in [1.29, 1.82) is 0 Å². The first kappa shape index (κ1) is 16.4. The van der Waals surface area contributed by atoms with E-state index in [0.29, 0.717) is 28.0 Å². The second-order valence-electron chi connectivity index (χ2n) is 4.44. The molecule has 0 atom stereocenters. The lowest BCUT2D eigenvalue weighted by atomic mass is 10.1. The number of ether oxygens (including phenoxy) is 1. The van der Waals surface area contributed by atoms with E-state index in [1.54, 1.807) is 12.1 Å². The van der Waals surface area contributed by atoms with Gasteiger partial charge in [0.05, 0.1) is 16.7 Å². The maximum Gasteiger partial charge on any atom is 0.329 e. The standard InChI is InChI=1S/C15H14Cl2N2O3/c1-3-5-19-14(20)12(18-15(19)21)8-9-6-10(16)13(22-4-2)11(17)7-9/h3,6-8H,1,4-5H2,2H3,(H,18,21)/b12-8+. The van der Waals surface area contributed by atoms with Crippen molar-refractivity contribution < 1.29 is 14.3 Å². The summed E-state index contributed by atoms with van der Waals surface area (Å²) in [5.74, 6) is -0.0333. The molecule has 7 heteroatoms. The predicted molar refractivity (Wildman–Crippen MR) is 86.0 cm³/mol. The van der Waals surface area contributed by atoms with E-state index < -0.39 is 11.9 Å². The second kappa shape index (κ2) is 6.85. The Morgan fingerprint density at radius 2 is 1.95 bits per heavy atom. The molecule has 1 aliphatic rings. The van der Waals surface area contributed by atoms with E-state index in [1.807, 2.05) is 6.92 Å². The van der Waals surface area contributed by atoms with Crippen LogP contribution in [-0.2, 0) is 4.79 Å². The summed E-state index contributed by atoms with van der Waals surface area (Å²) in [5, 5.41) is 3.17. The summed E-state index contributed by atoms with van der Waals surface area (Å²) in [7, 11) is 0. The normalized spacial score (nSPS) is 16.1. The van der Waals surface area contributed by atoms with Crippen molar-refractivity contribution in [3.63, 3.8) is 0 Å². The molecular weight excluding hydrogens is 327 g/mol. The van der Waals surface area contributed by atoms with Crippen molar-refractivity contribution in [1.82, 2.24) is 10.2 Å². The Hall–Kier alpha value is -1.98. The SMILES string of the molecule is C=CCN1C(=O)N/C(=C/c2cc(Cl)c(OCC)c(Cl)c2)C1=O. The third-order valence-corrected chi connectivity index (χ3v) is 3.46. The molecule has 0 unspecified atom stereocenters. The summed E-state index contributed by atoms with van der Waals surface area (Å²) in [6.07, 6.45) is 2.99. The van der Waals surface area contributed by atoms with E-state index in [0.717, 1.165) is 4.90 Å². The van der Waals surface area contributed by atoms with Crippen LogP contribution >= 0.6 is 23.2 Å². The molecule has 1 aliphatic heterocycles. The number of halogens is 2. The highest BCUT2D eigenvalue weighted by atomic mass is 35.5. The summed E-state index contributed by atoms with van der Waals surface area (Å²) in [6, 6.07) is 2.74. The van der Waals surface area contributed by atoms with Gasteiger partial charge >= 0.3 is 6.03 Å². The molecule has 1 heterocycles. The van der Waals surface area contributed by atoms with Gasteiger partial charge in [-0.25, -0.2) is 4.79 Å². The molecule has 22 heavy (non-hydrogen) atoms. The number of imide groups is 1. The van der Waals surface area contributed by atoms with Crippen LogP contribution < -0.4 is 10.1 Å². The largest absolute Gasteiger partial charge is 0.491 e. The van der Waals surface area contributed by atoms with Crippen molar-refractivity contribution in [3.05, 3.63) is 46.1 Å². The number of amides is 3. The molecule has 0 aromatic heterocycles. The molecule has 0 bridgehead atoms. The molecule has 0 radical (unpaired) electrons. The number of hydrogen-bond acceptors (Lipinski definition) is 3. The van der Waals surface area contributed by atoms with Crippen molar-refractivity contribution in [3.8, 4) is 5.75 Å². The van der Waals surface area contributed by atoms with E-state index in [1.165, 1.54) is 12.2 Å². The number of benzene rings is 1. The fourth-order valence-corrected chi connectivity index (χ4v) is 2.59. The minimum atomic E-state index is -0.487. The van der Waals surface area contributed by atoms with E-state index in [4.69, 9.17) is 27.9 Å². The highest BCUT2D eigenvalue weighted by Gasteiger charge is 2.32. The summed E-state index contributed by atoms with van der Waals surface area (Å²) >= 11 is 12.2. The molecule has 1 aromatic rings. The van der Waals surface area contributed by atoms with Crippen molar-refractivity contribution in [2.45, 2.75) is 6.92 Å². The molecule has 0 spiro atoms. The number of hydrogen-bond donors (Lipinski definition) is 1. The Morgan fingerprint density at radius 3 is 2.50 bits per heavy atom. The van der Waals surface area contributed by atoms with Crippen LogP contribution in [0.4, 0.5) is 4.79 Å². The first-order valence-electron chi connectivity index (χ1n) is 6.55. The van der Waals surface area contributed by atoms with Crippen LogP contribution in [0.15, 0.2) is 30.5 Å². The molecule has 1 saturated heterocycles. The van der Waals surface area contributed by atoms with Crippen molar-refractivity contribution >= 4 is 41.2 Å². The van der Waals surface area contributed by atoms with E-state index in [2.05, 4.69) is 11.9 Å². The molecular formula is C15H14Cl2N2O3. The Labute approximate surface area is 138 Å². The van der Waals surface area contributed by atoms with Gasteiger partial charge in [-0.15, -0.1) is 6.58 Å². The lowest BCUT2D eigenvalue weighted by Gasteiger charge is -2.09. The van der Waals surface area contributed by atoms with Crippen LogP contribution in [0.25, 0.3) is 6.08 Å². The Morgan fingerprint density at radius 1 is 1.32 bits per heavy atom. The number of nitrogens with one attached hydrogen (secondary N) is 1. The van der Waals surface area contributed by atoms with Gasteiger partial charge in [-0.3, -0.25) is 9.69 Å². The average Bonchev–Trinajstić information content (AvgIpc) is 2.71. The fraction of sp³-hybridized carbons (Fsp3) is 0.200. The number of urea groups is 1. The minimum Gasteiger partial charge on any atom is -0.491 e. The van der Waals surface area contributed by atoms with Crippen LogP contribution in [0.1, 0.15) is 12.5 Å². The van der Waals surface area contributed by atoms with Gasteiger partial charge < -0.3 is 10.1 Å². The lowest BCUT2D eigenvalue weighted by molar-refractivity contribution is -0.122. The first-order valence-corrected chi connectivity index (χ1v) is 7.30. The number of rotatable bonds is 5. The summed E-state index contributed by atoms with van der Waals surface area (Å²) in [5.41, 5.74) is 0.741. The van der Waals surface area contributed by atoms with Crippen LogP contribution in [0.2, 0.25) is 10.0 Å². The number of carbonyl (C=O) groups excluding carboxylic acids is 2. The monoisotopic (exact) mass is 340 g/mol. The molecule has 2 rings (SSSR count). The third-order valence-electron chi connectivity index (χ3n) is 2.89. The summed E-state index contributed by atoms with van der Waals surface area (Å²) in [6.45, 7) is 5.91. The molecule has 0 saturated carbocycles. The molecule has 1 aromatic carbocycles. The Kier molecular flexibility index (Phi) is 5.11. The zero-order chi connectivity index (χ0) is 16.3. The van der Waals surface area contributed by atoms with Gasteiger partial charge in [-0.1, -0.05) is 29.3 Å². The lowest BCUT2D eigenvalue weighted by Crippen LogP contribution is -2.30. The quantitative estimate of drug-likeness (QED) is 0.507. The predicted octanol–water partition coefficient (Wildman–Crippen LogP) is 3.47. The number of nitrogens with zero attached hydrogens (tertiary/aromatic N) is 1. The topological polar surface area (TPSA) is 58.6 Å². The van der Waals surface area contributed by atoms with Crippen LogP contribution in [-0.4, -0.2) is 30.0 Å². The smallest absolute Gasteiger partial charge is 0.329 e. The fourth-order valence-electron chi connectivity index (χ4n) is 1.98. The number of carbonyl (C=O) groups is 2. The Balaban J connectivity index is 2.32. The van der Waals surface area contributed by atoms with Gasteiger partial charge in [0.2, 0.25) is 0 Å². The van der Waals surface area contributed by atoms with E-state index >= 15 is 0 Å². The second-order valence-corrected chi connectivity index (χ2v) is 5.25. The van der Waals surface area contributed by atoms with Gasteiger partial charge in [0, 0.05) is 6.54 Å². The molecule has 3 amide bonds. The Bertz CT molecular complexity index is 648. The molecule has 5 nitrogen and oxygen atoms in total. The maximum absolute atomic E-state index is 12.1. The first-order chi connectivity index (χ1) is 10.5. The van der Waals surface area contributed by atoms with E-state index in [-0.39, 0.29) is 12.2 Å². The summed E-state index contributed by atoms with van der Waals surface area (Å²) < 4.78 is 5.34. The van der Waals surface area contributed by atoms with Crippen LogP contribution in [0, 0.1) is 0 Å². The van der Waals surface area contributed by atoms with Crippen molar-refractivity contribution in [2.75, 3.05) is 13.2 Å². The van der Waals surface area contributed by atoms with E-state index in [9.17, 15) is 9.59 Å².